The Morgan fingerprint density at radius 3 is 1.78 bits per heavy atom. The number of hydrogen-bond donors (Lipinski definition) is 1. The Morgan fingerprint density at radius 1 is 1.33 bits per heavy atom. The highest BCUT2D eigenvalue weighted by Crippen LogP contribution is 2.38. The van der Waals surface area contributed by atoms with Gasteiger partial charge in [0.25, 0.3) is 0 Å². The molecule has 2 nitrogen and oxygen atoms in total. The molecule has 0 aromatic heterocycles. The van der Waals surface area contributed by atoms with E-state index in [9.17, 15) is 4.80 Å². The van der Waals surface area contributed by atoms with Gasteiger partial charge in [-0.15, -0.1) is 0 Å². The second kappa shape index (κ2) is 1.81. The monoisotopic (exact) mass is 146 g/mol. The molecule has 1 aliphatic heterocycles. The van der Waals surface area contributed by atoms with Crippen LogP contribution in [0.4, 0.5) is 0 Å². The number of rotatable bonds is 0. The fourth-order valence-corrected chi connectivity index (χ4v) is 2.19. The first-order chi connectivity index (χ1) is 3.96. The van der Waals surface area contributed by atoms with Crippen LogP contribution >= 0.6 is 0 Å². The second-order valence-electron chi connectivity index (χ2n) is 3.77. The van der Waals surface area contributed by atoms with Gasteiger partial charge in [0, 0.05) is 0 Å². The lowest BCUT2D eigenvalue weighted by molar-refractivity contribution is 0.116. The first kappa shape index (κ1) is 7.25. The Labute approximate surface area is 57.0 Å². The van der Waals surface area contributed by atoms with Gasteiger partial charge >= 0.3 is 0 Å². The lowest BCUT2D eigenvalue weighted by atomic mass is 10.2. The molecule has 0 radical (unpaired) electrons. The fourth-order valence-electron chi connectivity index (χ4n) is 0.728. The van der Waals surface area contributed by atoms with E-state index in [-0.39, 0.29) is 5.04 Å². The molecule has 1 rings (SSSR count). The van der Waals surface area contributed by atoms with E-state index < -0.39 is 8.32 Å². The zero-order chi connectivity index (χ0) is 7.12. The van der Waals surface area contributed by atoms with Gasteiger partial charge in [0.1, 0.15) is 0 Å². The highest BCUT2D eigenvalue weighted by atomic mass is 28.4. The van der Waals surface area contributed by atoms with Gasteiger partial charge in [-0.3, -0.25) is 0 Å². The minimum atomic E-state index is -1.92. The van der Waals surface area contributed by atoms with Gasteiger partial charge in [-0.1, -0.05) is 20.8 Å². The Balaban J connectivity index is 2.59. The first-order valence-corrected chi connectivity index (χ1v) is 5.62. The Bertz CT molecular complexity index is 113. The standard InChI is InChI=1S/C6H14O2Si/c1-6(2,3)9(7)4-8-5-9/h7H,4-5H2,1-3H3. The normalized spacial score (nSPS) is 25.3. The average molecular weight is 146 g/mol. The van der Waals surface area contributed by atoms with Gasteiger partial charge in [0.2, 0.25) is 8.32 Å². The van der Waals surface area contributed by atoms with Gasteiger partial charge < -0.3 is 9.53 Å². The van der Waals surface area contributed by atoms with Gasteiger partial charge in [-0.2, -0.15) is 0 Å². The topological polar surface area (TPSA) is 29.5 Å². The summed E-state index contributed by atoms with van der Waals surface area (Å²) in [6, 6.07) is 0. The predicted octanol–water partition coefficient (Wildman–Crippen LogP) is 0.833. The molecule has 0 amide bonds. The van der Waals surface area contributed by atoms with Gasteiger partial charge in [0.05, 0.1) is 12.5 Å². The van der Waals surface area contributed by atoms with Crippen LogP contribution in [0, 0.1) is 0 Å². The van der Waals surface area contributed by atoms with Crippen LogP contribution in [0.5, 0.6) is 0 Å². The van der Waals surface area contributed by atoms with E-state index in [0.29, 0.717) is 12.5 Å². The molecule has 3 heteroatoms. The fraction of sp³-hybridized carbons (Fsp3) is 1.00. The van der Waals surface area contributed by atoms with E-state index in [4.69, 9.17) is 4.74 Å². The van der Waals surface area contributed by atoms with Crippen LogP contribution in [0.15, 0.2) is 0 Å². The molecule has 54 valence electrons. The van der Waals surface area contributed by atoms with Gasteiger partial charge in [-0.25, -0.2) is 0 Å². The van der Waals surface area contributed by atoms with E-state index in [1.165, 1.54) is 0 Å². The lowest BCUT2D eigenvalue weighted by Crippen LogP contribution is -2.61. The third kappa shape index (κ3) is 1.04. The molecule has 1 aliphatic rings. The maximum atomic E-state index is 9.76. The molecule has 0 bridgehead atoms. The molecule has 0 unspecified atom stereocenters. The highest BCUT2D eigenvalue weighted by molar-refractivity contribution is 6.77. The number of hydrogen-bond acceptors (Lipinski definition) is 2. The Morgan fingerprint density at radius 2 is 1.78 bits per heavy atom. The third-order valence-corrected chi connectivity index (χ3v) is 6.23. The van der Waals surface area contributed by atoms with Crippen molar-refractivity contribution < 1.29 is 9.53 Å². The van der Waals surface area contributed by atoms with E-state index >= 15 is 0 Å². The maximum absolute atomic E-state index is 9.76. The predicted molar refractivity (Wildman–Crippen MR) is 38.5 cm³/mol. The molecule has 0 aromatic carbocycles. The average Bonchev–Trinajstić information content (AvgIpc) is 1.57. The van der Waals surface area contributed by atoms with Crippen molar-refractivity contribution in [2.75, 3.05) is 12.5 Å². The molecular weight excluding hydrogens is 132 g/mol. The van der Waals surface area contributed by atoms with Crippen molar-refractivity contribution >= 4 is 8.32 Å². The summed E-state index contributed by atoms with van der Waals surface area (Å²) in [7, 11) is -1.92. The summed E-state index contributed by atoms with van der Waals surface area (Å²) >= 11 is 0. The maximum Gasteiger partial charge on any atom is 0.244 e. The largest absolute Gasteiger partial charge is 0.427 e. The summed E-state index contributed by atoms with van der Waals surface area (Å²) in [5.41, 5.74) is 0. The molecule has 1 N–H and O–H groups in total. The molecule has 1 saturated heterocycles. The van der Waals surface area contributed by atoms with Crippen molar-refractivity contribution in [1.82, 2.24) is 0 Å². The summed E-state index contributed by atoms with van der Waals surface area (Å²) in [4.78, 5) is 9.76. The molecule has 1 fully saturated rings. The van der Waals surface area contributed by atoms with E-state index in [2.05, 4.69) is 20.8 Å². The highest BCUT2D eigenvalue weighted by Gasteiger charge is 2.50. The molecule has 0 spiro atoms. The molecule has 0 aromatic rings. The summed E-state index contributed by atoms with van der Waals surface area (Å²) < 4.78 is 4.98. The molecule has 0 aliphatic carbocycles. The molecule has 0 atom stereocenters. The van der Waals surface area contributed by atoms with Crippen LogP contribution in [0.1, 0.15) is 20.8 Å². The smallest absolute Gasteiger partial charge is 0.244 e. The molecular formula is C6H14O2Si. The molecule has 9 heavy (non-hydrogen) atoms. The van der Waals surface area contributed by atoms with Gasteiger partial charge in [-0.05, 0) is 5.04 Å². The van der Waals surface area contributed by atoms with E-state index in [1.807, 2.05) is 0 Å². The zero-order valence-electron chi connectivity index (χ0n) is 6.27. The quantitative estimate of drug-likeness (QED) is 0.513. The van der Waals surface area contributed by atoms with E-state index in [1.54, 1.807) is 0 Å². The Hall–Kier alpha value is 0.137. The number of ether oxygens (including phenoxy) is 1. The van der Waals surface area contributed by atoms with Crippen LogP contribution in [-0.4, -0.2) is 25.6 Å². The molecule has 1 heterocycles. The lowest BCUT2D eigenvalue weighted by Gasteiger charge is -2.43. The minimum Gasteiger partial charge on any atom is -0.427 e. The second-order valence-corrected chi connectivity index (χ2v) is 7.91. The summed E-state index contributed by atoms with van der Waals surface area (Å²) in [5, 5.41) is 0.102. The Kier molecular flexibility index (Phi) is 1.46. The first-order valence-electron chi connectivity index (χ1n) is 3.26. The van der Waals surface area contributed by atoms with Crippen molar-refractivity contribution in [2.24, 2.45) is 0 Å². The van der Waals surface area contributed by atoms with Crippen LogP contribution in [0.2, 0.25) is 5.04 Å². The summed E-state index contributed by atoms with van der Waals surface area (Å²) in [5.74, 6) is 0. The third-order valence-electron chi connectivity index (χ3n) is 2.08. The SMILES string of the molecule is CC(C)(C)[Si]1(O)COC1. The van der Waals surface area contributed by atoms with Crippen molar-refractivity contribution in [3.05, 3.63) is 0 Å². The summed E-state index contributed by atoms with van der Waals surface area (Å²) in [6.45, 7) is 6.26. The van der Waals surface area contributed by atoms with Crippen LogP contribution in [-0.2, 0) is 4.74 Å². The van der Waals surface area contributed by atoms with E-state index in [0.717, 1.165) is 0 Å². The van der Waals surface area contributed by atoms with Crippen LogP contribution < -0.4 is 0 Å². The van der Waals surface area contributed by atoms with Crippen LogP contribution in [0.3, 0.4) is 0 Å². The minimum absolute atomic E-state index is 0.102. The van der Waals surface area contributed by atoms with Crippen molar-refractivity contribution in [3.8, 4) is 0 Å². The van der Waals surface area contributed by atoms with Crippen molar-refractivity contribution in [2.45, 2.75) is 25.8 Å². The zero-order valence-corrected chi connectivity index (χ0v) is 7.27. The summed E-state index contributed by atoms with van der Waals surface area (Å²) in [6.07, 6.45) is 1.27. The van der Waals surface area contributed by atoms with Gasteiger partial charge in [0.15, 0.2) is 0 Å². The van der Waals surface area contributed by atoms with Crippen LogP contribution in [0.25, 0.3) is 0 Å². The molecule has 0 saturated carbocycles. The van der Waals surface area contributed by atoms with Crippen molar-refractivity contribution in [3.63, 3.8) is 0 Å². The van der Waals surface area contributed by atoms with Crippen molar-refractivity contribution in [1.29, 1.82) is 0 Å².